The molecule has 0 unspecified atom stereocenters. The van der Waals surface area contributed by atoms with Crippen LogP contribution in [0.1, 0.15) is 25.1 Å². The zero-order chi connectivity index (χ0) is 17.0. The highest BCUT2D eigenvalue weighted by Crippen LogP contribution is 2.27. The molecule has 0 spiro atoms. The second-order valence-electron chi connectivity index (χ2n) is 5.75. The second-order valence-corrected chi connectivity index (χ2v) is 6.13. The Kier molecular flexibility index (Phi) is 5.97. The van der Waals surface area contributed by atoms with Crippen LogP contribution in [0.3, 0.4) is 0 Å². The van der Waals surface area contributed by atoms with E-state index in [0.717, 1.165) is 35.2 Å². The third-order valence-electron chi connectivity index (χ3n) is 4.09. The number of nitrogens with zero attached hydrogens (tertiary/aromatic N) is 3. The van der Waals surface area contributed by atoms with Crippen molar-refractivity contribution in [1.82, 2.24) is 14.8 Å². The van der Waals surface area contributed by atoms with Gasteiger partial charge in [-0.25, -0.2) is 4.98 Å². The molecule has 1 aromatic heterocycles. The monoisotopic (exact) mass is 333 g/mol. The van der Waals surface area contributed by atoms with Crippen LogP contribution in [0, 0.1) is 6.92 Å². The lowest BCUT2D eigenvalue weighted by Gasteiger charge is -2.23. The third-order valence-corrected chi connectivity index (χ3v) is 4.59. The van der Waals surface area contributed by atoms with Gasteiger partial charge in [0.2, 0.25) is 5.91 Å². The van der Waals surface area contributed by atoms with Crippen molar-refractivity contribution in [2.45, 2.75) is 27.3 Å². The zero-order valence-electron chi connectivity index (χ0n) is 14.3. The molecule has 0 saturated carbocycles. The number of halogens is 1. The highest BCUT2D eigenvalue weighted by Gasteiger charge is 2.16. The van der Waals surface area contributed by atoms with E-state index in [0.29, 0.717) is 18.1 Å². The zero-order valence-corrected chi connectivity index (χ0v) is 15.0. The van der Waals surface area contributed by atoms with E-state index in [2.05, 4.69) is 4.98 Å². The van der Waals surface area contributed by atoms with Crippen molar-refractivity contribution < 1.29 is 4.79 Å². The van der Waals surface area contributed by atoms with Gasteiger partial charge in [0, 0.05) is 25.0 Å². The van der Waals surface area contributed by atoms with Gasteiger partial charge in [-0.3, -0.25) is 9.69 Å². The topological polar surface area (TPSA) is 36.4 Å². The van der Waals surface area contributed by atoms with Crippen LogP contribution < -0.4 is 0 Å². The summed E-state index contributed by atoms with van der Waals surface area (Å²) in [6.07, 6.45) is 0. The summed E-state index contributed by atoms with van der Waals surface area (Å²) in [4.78, 5) is 20.7. The van der Waals surface area contributed by atoms with E-state index < -0.39 is 0 Å². The SMILES string of the molecule is CCN(CC)C(=O)CN(C)Cc1nc2ccccc2c(C)c1Cl. The first-order valence-corrected chi connectivity index (χ1v) is 8.35. The Morgan fingerprint density at radius 2 is 1.87 bits per heavy atom. The van der Waals surface area contributed by atoms with E-state index >= 15 is 0 Å². The minimum absolute atomic E-state index is 0.131. The first kappa shape index (κ1) is 17.7. The van der Waals surface area contributed by atoms with E-state index in [-0.39, 0.29) is 5.91 Å². The third kappa shape index (κ3) is 4.01. The molecule has 2 rings (SSSR count). The maximum Gasteiger partial charge on any atom is 0.236 e. The number of pyridine rings is 1. The van der Waals surface area contributed by atoms with E-state index in [1.807, 2.05) is 61.9 Å². The Bertz CT molecular complexity index is 698. The molecule has 2 aromatic rings. The average Bonchev–Trinajstić information content (AvgIpc) is 2.53. The molecule has 1 aromatic carbocycles. The van der Waals surface area contributed by atoms with Crippen LogP contribution in [-0.4, -0.2) is 47.4 Å². The van der Waals surface area contributed by atoms with Crippen LogP contribution in [0.2, 0.25) is 5.02 Å². The first-order valence-electron chi connectivity index (χ1n) is 7.97. The molecule has 0 atom stereocenters. The summed E-state index contributed by atoms with van der Waals surface area (Å²) in [6.45, 7) is 8.38. The van der Waals surface area contributed by atoms with Crippen molar-refractivity contribution in [3.05, 3.63) is 40.5 Å². The van der Waals surface area contributed by atoms with Gasteiger partial charge in [0.15, 0.2) is 0 Å². The molecule has 0 bridgehead atoms. The van der Waals surface area contributed by atoms with Gasteiger partial charge >= 0.3 is 0 Å². The number of hydrogen-bond acceptors (Lipinski definition) is 3. The van der Waals surface area contributed by atoms with E-state index in [1.165, 1.54) is 0 Å². The maximum absolute atomic E-state index is 12.2. The Morgan fingerprint density at radius 3 is 2.52 bits per heavy atom. The fourth-order valence-electron chi connectivity index (χ4n) is 2.74. The number of rotatable bonds is 6. The van der Waals surface area contributed by atoms with Gasteiger partial charge in [0.1, 0.15) is 0 Å². The summed E-state index contributed by atoms with van der Waals surface area (Å²) < 4.78 is 0. The Balaban J connectivity index is 2.18. The van der Waals surface area contributed by atoms with Crippen LogP contribution in [0.15, 0.2) is 24.3 Å². The number of likely N-dealkylation sites (N-methyl/N-ethyl adjacent to an activating group) is 2. The molecular formula is C18H24ClN3O. The lowest BCUT2D eigenvalue weighted by Crippen LogP contribution is -2.38. The van der Waals surface area contributed by atoms with Crippen molar-refractivity contribution >= 4 is 28.4 Å². The minimum Gasteiger partial charge on any atom is -0.342 e. The summed E-state index contributed by atoms with van der Waals surface area (Å²) in [5.41, 5.74) is 2.79. The van der Waals surface area contributed by atoms with Crippen LogP contribution >= 0.6 is 11.6 Å². The molecule has 0 aliphatic heterocycles. The highest BCUT2D eigenvalue weighted by molar-refractivity contribution is 6.32. The number of hydrogen-bond donors (Lipinski definition) is 0. The van der Waals surface area contributed by atoms with Crippen molar-refractivity contribution in [2.24, 2.45) is 0 Å². The number of para-hydroxylation sites is 1. The lowest BCUT2D eigenvalue weighted by molar-refractivity contribution is -0.131. The van der Waals surface area contributed by atoms with Gasteiger partial charge in [-0.2, -0.15) is 0 Å². The van der Waals surface area contributed by atoms with Gasteiger partial charge in [-0.05, 0) is 39.4 Å². The molecular weight excluding hydrogens is 310 g/mol. The average molecular weight is 334 g/mol. The predicted octanol–water partition coefficient (Wildman–Crippen LogP) is 3.50. The largest absolute Gasteiger partial charge is 0.342 e. The molecule has 0 aliphatic carbocycles. The molecule has 23 heavy (non-hydrogen) atoms. The predicted molar refractivity (Wildman–Crippen MR) is 95.8 cm³/mol. The number of carbonyl (C=O) groups excluding carboxylic acids is 1. The number of carbonyl (C=O) groups is 1. The molecule has 4 nitrogen and oxygen atoms in total. The molecule has 5 heteroatoms. The molecule has 124 valence electrons. The van der Waals surface area contributed by atoms with Crippen LogP contribution in [0.5, 0.6) is 0 Å². The van der Waals surface area contributed by atoms with Crippen LogP contribution in [0.25, 0.3) is 10.9 Å². The molecule has 1 heterocycles. The Hall–Kier alpha value is -1.65. The van der Waals surface area contributed by atoms with Gasteiger partial charge < -0.3 is 4.90 Å². The summed E-state index contributed by atoms with van der Waals surface area (Å²) in [6, 6.07) is 7.98. The molecule has 0 fully saturated rings. The standard InChI is InChI=1S/C18H24ClN3O/c1-5-22(6-2)17(23)12-21(4)11-16-18(19)13(3)14-9-7-8-10-15(14)20-16/h7-10H,5-6,11-12H2,1-4H3. The van der Waals surface area contributed by atoms with Gasteiger partial charge in [-0.15, -0.1) is 0 Å². The fourth-order valence-corrected chi connectivity index (χ4v) is 2.94. The van der Waals surface area contributed by atoms with Gasteiger partial charge in [0.25, 0.3) is 0 Å². The molecule has 0 aliphatic rings. The molecule has 0 N–H and O–H groups in total. The van der Waals surface area contributed by atoms with Crippen molar-refractivity contribution in [1.29, 1.82) is 0 Å². The number of aromatic nitrogens is 1. The number of aryl methyl sites for hydroxylation is 1. The Labute approximate surface area is 143 Å². The second kappa shape index (κ2) is 7.75. The van der Waals surface area contributed by atoms with E-state index in [1.54, 1.807) is 0 Å². The smallest absolute Gasteiger partial charge is 0.236 e. The number of benzene rings is 1. The summed E-state index contributed by atoms with van der Waals surface area (Å²) in [7, 11) is 1.92. The van der Waals surface area contributed by atoms with Crippen molar-refractivity contribution in [2.75, 3.05) is 26.7 Å². The van der Waals surface area contributed by atoms with Gasteiger partial charge in [-0.1, -0.05) is 29.8 Å². The van der Waals surface area contributed by atoms with Crippen molar-refractivity contribution in [3.63, 3.8) is 0 Å². The lowest BCUT2D eigenvalue weighted by atomic mass is 10.1. The molecule has 0 radical (unpaired) electrons. The maximum atomic E-state index is 12.2. The normalized spacial score (nSPS) is 11.2. The summed E-state index contributed by atoms with van der Waals surface area (Å²) in [5.74, 6) is 0.131. The molecule has 1 amide bonds. The first-order chi connectivity index (χ1) is 11.0. The van der Waals surface area contributed by atoms with Gasteiger partial charge in [0.05, 0.1) is 22.8 Å². The number of fused-ring (bicyclic) bond motifs is 1. The van der Waals surface area contributed by atoms with Crippen LogP contribution in [-0.2, 0) is 11.3 Å². The van der Waals surface area contributed by atoms with E-state index in [9.17, 15) is 4.79 Å². The fraction of sp³-hybridized carbons (Fsp3) is 0.444. The quantitative estimate of drug-likeness (QED) is 0.811. The number of amides is 1. The summed E-state index contributed by atoms with van der Waals surface area (Å²) in [5, 5.41) is 1.76. The van der Waals surface area contributed by atoms with E-state index in [4.69, 9.17) is 11.6 Å². The van der Waals surface area contributed by atoms with Crippen LogP contribution in [0.4, 0.5) is 0 Å². The molecule has 0 saturated heterocycles. The highest BCUT2D eigenvalue weighted by atomic mass is 35.5. The Morgan fingerprint density at radius 1 is 1.22 bits per heavy atom. The van der Waals surface area contributed by atoms with Crippen molar-refractivity contribution in [3.8, 4) is 0 Å². The minimum atomic E-state index is 0.131. The summed E-state index contributed by atoms with van der Waals surface area (Å²) >= 11 is 6.49.